The molecule has 1 aromatic heterocycles. The number of carbonyl (C=O) groups is 1. The van der Waals surface area contributed by atoms with Gasteiger partial charge in [0.15, 0.2) is 0 Å². The maximum Gasteiger partial charge on any atom is 0.272 e. The average molecular weight is 403 g/mol. The zero-order valence-electron chi connectivity index (χ0n) is 17.4. The zero-order chi connectivity index (χ0) is 21.6. The summed E-state index contributed by atoms with van der Waals surface area (Å²) in [5.41, 5.74) is 2.15. The van der Waals surface area contributed by atoms with Crippen molar-refractivity contribution in [1.82, 2.24) is 9.88 Å². The normalized spacial score (nSPS) is 12.8. The minimum absolute atomic E-state index is 0.115. The first-order valence-electron chi connectivity index (χ1n) is 9.48. The molecule has 0 spiro atoms. The number of aliphatic imine (C=N–C) groups is 1. The third-order valence-corrected chi connectivity index (χ3v) is 4.56. The summed E-state index contributed by atoms with van der Waals surface area (Å²) in [5, 5.41) is 0. The Hall–Kier alpha value is -2.83. The van der Waals surface area contributed by atoms with Crippen molar-refractivity contribution in [3.63, 3.8) is 0 Å². The van der Waals surface area contributed by atoms with E-state index in [1.165, 1.54) is 12.1 Å². The van der Waals surface area contributed by atoms with E-state index in [0.29, 0.717) is 12.1 Å². The van der Waals surface area contributed by atoms with Gasteiger partial charge in [0.2, 0.25) is 5.88 Å². The summed E-state index contributed by atoms with van der Waals surface area (Å²) in [7, 11) is 1.66. The van der Waals surface area contributed by atoms with Gasteiger partial charge in [-0.3, -0.25) is 9.79 Å². The highest BCUT2D eigenvalue weighted by Gasteiger charge is 2.25. The second-order valence-electron chi connectivity index (χ2n) is 7.00. The summed E-state index contributed by atoms with van der Waals surface area (Å²) in [5.74, 6) is -2.82. The first-order valence-corrected chi connectivity index (χ1v) is 9.48. The van der Waals surface area contributed by atoms with Gasteiger partial charge in [-0.15, -0.1) is 0 Å². The number of hydrogen-bond donors (Lipinski definition) is 0. The van der Waals surface area contributed by atoms with Crippen molar-refractivity contribution >= 4 is 12.1 Å². The standard InChI is InChI=1S/C22H27F2N3O2/c1-6-27(21(28)19-11-15(2)7-8-17(19)12-25-5)16(3)14-29-20-10-9-18(13-26-20)22(4,23)24/h7-13,16H,6,14H2,1-5H3/b25-12+/t16-/m0/s1. The topological polar surface area (TPSA) is 54.8 Å². The van der Waals surface area contributed by atoms with Crippen molar-refractivity contribution in [3.05, 3.63) is 58.8 Å². The van der Waals surface area contributed by atoms with Gasteiger partial charge in [0.1, 0.15) is 6.61 Å². The molecule has 0 aliphatic carbocycles. The van der Waals surface area contributed by atoms with Crippen molar-refractivity contribution in [2.75, 3.05) is 20.2 Å². The molecule has 0 fully saturated rings. The molecule has 29 heavy (non-hydrogen) atoms. The quantitative estimate of drug-likeness (QED) is 0.611. The van der Waals surface area contributed by atoms with Crippen LogP contribution in [0.5, 0.6) is 5.88 Å². The van der Waals surface area contributed by atoms with E-state index >= 15 is 0 Å². The predicted molar refractivity (Wildman–Crippen MR) is 110 cm³/mol. The van der Waals surface area contributed by atoms with E-state index in [0.717, 1.165) is 24.2 Å². The number of halogens is 2. The van der Waals surface area contributed by atoms with Crippen molar-refractivity contribution < 1.29 is 18.3 Å². The van der Waals surface area contributed by atoms with Crippen LogP contribution in [0.1, 0.15) is 47.8 Å². The van der Waals surface area contributed by atoms with Crippen molar-refractivity contribution in [2.24, 2.45) is 4.99 Å². The number of pyridine rings is 1. The van der Waals surface area contributed by atoms with Gasteiger partial charge in [0, 0.05) is 55.7 Å². The fourth-order valence-electron chi connectivity index (χ4n) is 2.94. The number of ether oxygens (including phenoxy) is 1. The van der Waals surface area contributed by atoms with E-state index in [-0.39, 0.29) is 30.0 Å². The van der Waals surface area contributed by atoms with Crippen LogP contribution in [0.2, 0.25) is 0 Å². The molecular weight excluding hydrogens is 376 g/mol. The van der Waals surface area contributed by atoms with Crippen LogP contribution in [0, 0.1) is 6.92 Å². The van der Waals surface area contributed by atoms with Crippen LogP contribution in [0.25, 0.3) is 0 Å². The largest absolute Gasteiger partial charge is 0.475 e. The predicted octanol–water partition coefficient (Wildman–Crippen LogP) is 4.48. The average Bonchev–Trinajstić information content (AvgIpc) is 2.68. The van der Waals surface area contributed by atoms with Gasteiger partial charge in [-0.05, 0) is 32.9 Å². The Bertz CT molecular complexity index is 861. The number of alkyl halides is 2. The van der Waals surface area contributed by atoms with E-state index in [9.17, 15) is 13.6 Å². The Morgan fingerprint density at radius 3 is 2.62 bits per heavy atom. The minimum atomic E-state index is -2.95. The lowest BCUT2D eigenvalue weighted by Crippen LogP contribution is -2.42. The van der Waals surface area contributed by atoms with Gasteiger partial charge in [0.05, 0.1) is 6.04 Å². The van der Waals surface area contributed by atoms with E-state index in [1.807, 2.05) is 39.0 Å². The molecule has 5 nitrogen and oxygen atoms in total. The Labute approximate surface area is 170 Å². The zero-order valence-corrected chi connectivity index (χ0v) is 17.4. The summed E-state index contributed by atoms with van der Waals surface area (Å²) in [6.07, 6.45) is 2.77. The van der Waals surface area contributed by atoms with Crippen LogP contribution >= 0.6 is 0 Å². The molecule has 1 aromatic carbocycles. The number of aromatic nitrogens is 1. The fourth-order valence-corrected chi connectivity index (χ4v) is 2.94. The SMILES string of the molecule is CCN(C(=O)c1cc(C)ccc1/C=N/C)[C@@H](C)COc1ccc(C(C)(F)F)cn1. The van der Waals surface area contributed by atoms with Crippen LogP contribution in [-0.4, -0.2) is 48.2 Å². The summed E-state index contributed by atoms with van der Waals surface area (Å²) >= 11 is 0. The number of aryl methyl sites for hydroxylation is 1. The van der Waals surface area contributed by atoms with E-state index in [4.69, 9.17) is 4.74 Å². The van der Waals surface area contributed by atoms with Gasteiger partial charge in [-0.1, -0.05) is 17.7 Å². The summed E-state index contributed by atoms with van der Waals surface area (Å²) in [6, 6.07) is 8.12. The number of rotatable bonds is 8. The molecule has 1 heterocycles. The lowest BCUT2D eigenvalue weighted by Gasteiger charge is -2.28. The van der Waals surface area contributed by atoms with Gasteiger partial charge >= 0.3 is 0 Å². The Morgan fingerprint density at radius 2 is 2.07 bits per heavy atom. The highest BCUT2D eigenvalue weighted by Crippen LogP contribution is 2.27. The van der Waals surface area contributed by atoms with Crippen LogP contribution < -0.4 is 4.74 Å². The Morgan fingerprint density at radius 1 is 1.34 bits per heavy atom. The highest BCUT2D eigenvalue weighted by atomic mass is 19.3. The first-order chi connectivity index (χ1) is 13.7. The second-order valence-corrected chi connectivity index (χ2v) is 7.00. The molecule has 1 amide bonds. The third-order valence-electron chi connectivity index (χ3n) is 4.56. The number of carbonyl (C=O) groups excluding carboxylic acids is 1. The number of benzene rings is 1. The van der Waals surface area contributed by atoms with E-state index in [2.05, 4.69) is 9.98 Å². The van der Waals surface area contributed by atoms with Crippen molar-refractivity contribution in [1.29, 1.82) is 0 Å². The lowest BCUT2D eigenvalue weighted by atomic mass is 10.0. The molecule has 0 aliphatic heterocycles. The number of likely N-dealkylation sites (N-methyl/N-ethyl adjacent to an activating group) is 1. The van der Waals surface area contributed by atoms with E-state index < -0.39 is 5.92 Å². The lowest BCUT2D eigenvalue weighted by molar-refractivity contribution is 0.0169. The molecule has 0 bridgehead atoms. The van der Waals surface area contributed by atoms with Gasteiger partial charge in [-0.2, -0.15) is 0 Å². The second kappa shape index (κ2) is 9.58. The fraction of sp³-hybridized carbons (Fsp3) is 0.409. The summed E-state index contributed by atoms with van der Waals surface area (Å²) in [6.45, 7) is 7.21. The van der Waals surface area contributed by atoms with Gasteiger partial charge in [0.25, 0.3) is 11.8 Å². The smallest absolute Gasteiger partial charge is 0.272 e. The molecule has 0 N–H and O–H groups in total. The maximum atomic E-state index is 13.3. The van der Waals surface area contributed by atoms with Crippen LogP contribution in [0.4, 0.5) is 8.78 Å². The third kappa shape index (κ3) is 5.82. The molecule has 2 rings (SSSR count). The molecule has 2 aromatic rings. The molecule has 7 heteroatoms. The van der Waals surface area contributed by atoms with E-state index in [1.54, 1.807) is 18.2 Å². The number of nitrogens with zero attached hydrogens (tertiary/aromatic N) is 3. The molecule has 0 saturated carbocycles. The minimum Gasteiger partial charge on any atom is -0.475 e. The number of amides is 1. The summed E-state index contributed by atoms with van der Waals surface area (Å²) < 4.78 is 32.2. The molecule has 0 saturated heterocycles. The van der Waals surface area contributed by atoms with Gasteiger partial charge < -0.3 is 9.64 Å². The Kier molecular flexibility index (Phi) is 7.42. The molecular formula is C22H27F2N3O2. The molecule has 156 valence electrons. The molecule has 1 atom stereocenters. The first kappa shape index (κ1) is 22.5. The van der Waals surface area contributed by atoms with Crippen molar-refractivity contribution in [3.8, 4) is 5.88 Å². The molecule has 0 unspecified atom stereocenters. The maximum absolute atomic E-state index is 13.3. The van der Waals surface area contributed by atoms with Crippen LogP contribution in [0.15, 0.2) is 41.5 Å². The van der Waals surface area contributed by atoms with Crippen LogP contribution in [-0.2, 0) is 5.92 Å². The Balaban J connectivity index is 2.11. The highest BCUT2D eigenvalue weighted by molar-refractivity contribution is 6.02. The van der Waals surface area contributed by atoms with Gasteiger partial charge in [-0.25, -0.2) is 13.8 Å². The monoisotopic (exact) mass is 403 g/mol. The summed E-state index contributed by atoms with van der Waals surface area (Å²) in [4.78, 5) is 22.8. The van der Waals surface area contributed by atoms with Crippen molar-refractivity contribution in [2.45, 2.75) is 39.7 Å². The molecule has 0 aliphatic rings. The number of hydrogen-bond acceptors (Lipinski definition) is 4. The van der Waals surface area contributed by atoms with Crippen LogP contribution in [0.3, 0.4) is 0 Å². The molecule has 0 radical (unpaired) electrons.